The van der Waals surface area contributed by atoms with Crippen molar-refractivity contribution in [2.45, 2.75) is 23.2 Å². The van der Waals surface area contributed by atoms with E-state index in [0.29, 0.717) is 23.2 Å². The lowest BCUT2D eigenvalue weighted by molar-refractivity contribution is 0.553. The Hall–Kier alpha value is -2.69. The third-order valence-corrected chi connectivity index (χ3v) is 8.25. The minimum atomic E-state index is 0.476. The van der Waals surface area contributed by atoms with Gasteiger partial charge in [-0.3, -0.25) is 0 Å². The van der Waals surface area contributed by atoms with Crippen LogP contribution in [0.25, 0.3) is 0 Å². The maximum Gasteiger partial charge on any atom is 0.00947 e. The molecule has 0 aliphatic carbocycles. The van der Waals surface area contributed by atoms with Crippen LogP contribution in [0.1, 0.15) is 45.4 Å². The molecule has 5 rings (SSSR count). The van der Waals surface area contributed by atoms with E-state index in [4.69, 9.17) is 0 Å². The summed E-state index contributed by atoms with van der Waals surface area (Å²) in [5.74, 6) is 0.953. The van der Waals surface area contributed by atoms with Crippen molar-refractivity contribution in [2.75, 3.05) is 0 Å². The first kappa shape index (κ1) is 18.3. The van der Waals surface area contributed by atoms with Crippen molar-refractivity contribution in [1.29, 1.82) is 0 Å². The van der Waals surface area contributed by atoms with Gasteiger partial charge >= 0.3 is 0 Å². The van der Waals surface area contributed by atoms with Crippen LogP contribution >= 0.6 is 8.58 Å². The van der Waals surface area contributed by atoms with E-state index >= 15 is 0 Å². The SMILES string of the molecule is c1ccc(C2PC(c3ccccc3)C(c3ccccc3)C2c2ccccc2)cc1. The van der Waals surface area contributed by atoms with Gasteiger partial charge in [-0.15, -0.1) is 8.58 Å². The maximum absolute atomic E-state index is 2.33. The summed E-state index contributed by atoms with van der Waals surface area (Å²) in [5, 5.41) is 0. The highest BCUT2D eigenvalue weighted by molar-refractivity contribution is 7.39. The summed E-state index contributed by atoms with van der Waals surface area (Å²) < 4.78 is 0. The van der Waals surface area contributed by atoms with Gasteiger partial charge in [0.25, 0.3) is 0 Å². The maximum atomic E-state index is 2.33. The molecular weight excluding hydrogens is 367 g/mol. The largest absolute Gasteiger partial charge is 0.105 e. The minimum Gasteiger partial charge on any atom is -0.105 e. The first-order valence-corrected chi connectivity index (χ1v) is 11.5. The second-order valence-electron chi connectivity index (χ2n) is 7.82. The van der Waals surface area contributed by atoms with Gasteiger partial charge in [0.1, 0.15) is 0 Å². The zero-order valence-corrected chi connectivity index (χ0v) is 17.4. The monoisotopic (exact) mass is 392 g/mol. The molecule has 4 aromatic carbocycles. The van der Waals surface area contributed by atoms with Crippen LogP contribution in [-0.2, 0) is 0 Å². The fourth-order valence-electron chi connectivity index (χ4n) is 4.89. The Balaban J connectivity index is 1.69. The average Bonchev–Trinajstić information content (AvgIpc) is 3.22. The fourth-order valence-corrected chi connectivity index (χ4v) is 7.26. The van der Waals surface area contributed by atoms with E-state index in [0.717, 1.165) is 8.58 Å². The van der Waals surface area contributed by atoms with E-state index in [2.05, 4.69) is 121 Å². The molecule has 1 heterocycles. The molecule has 29 heavy (non-hydrogen) atoms. The number of hydrogen-bond acceptors (Lipinski definition) is 0. The Kier molecular flexibility index (Phi) is 5.29. The lowest BCUT2D eigenvalue weighted by Crippen LogP contribution is -2.13. The zero-order valence-electron chi connectivity index (χ0n) is 16.4. The number of benzene rings is 4. The molecule has 142 valence electrons. The van der Waals surface area contributed by atoms with E-state index in [1.165, 1.54) is 22.3 Å². The van der Waals surface area contributed by atoms with Crippen LogP contribution in [0.4, 0.5) is 0 Å². The van der Waals surface area contributed by atoms with Gasteiger partial charge in [0.15, 0.2) is 0 Å². The summed E-state index contributed by atoms with van der Waals surface area (Å²) in [4.78, 5) is 0. The van der Waals surface area contributed by atoms with Gasteiger partial charge in [-0.1, -0.05) is 121 Å². The third kappa shape index (κ3) is 3.66. The molecule has 0 radical (unpaired) electrons. The Morgan fingerprint density at radius 3 is 0.931 bits per heavy atom. The highest BCUT2D eigenvalue weighted by atomic mass is 31.1. The van der Waals surface area contributed by atoms with Crippen molar-refractivity contribution in [3.05, 3.63) is 144 Å². The Labute approximate surface area is 175 Å². The Morgan fingerprint density at radius 2 is 0.621 bits per heavy atom. The second kappa shape index (κ2) is 8.36. The van der Waals surface area contributed by atoms with Crippen LogP contribution in [0.5, 0.6) is 0 Å². The molecule has 4 aromatic rings. The number of rotatable bonds is 4. The molecule has 4 atom stereocenters. The molecule has 1 fully saturated rings. The summed E-state index contributed by atoms with van der Waals surface area (Å²) >= 11 is 0. The summed E-state index contributed by atoms with van der Waals surface area (Å²) in [5.41, 5.74) is 6.93. The first-order chi connectivity index (χ1) is 14.4. The molecule has 1 saturated heterocycles. The molecule has 1 aliphatic heterocycles. The lowest BCUT2D eigenvalue weighted by atomic mass is 9.75. The van der Waals surface area contributed by atoms with Gasteiger partial charge in [0.05, 0.1) is 0 Å². The van der Waals surface area contributed by atoms with Crippen molar-refractivity contribution in [3.8, 4) is 0 Å². The van der Waals surface area contributed by atoms with Gasteiger partial charge in [-0.05, 0) is 22.3 Å². The molecule has 0 spiro atoms. The summed E-state index contributed by atoms with van der Waals surface area (Å²) in [6.07, 6.45) is 0. The normalized spacial score (nSPS) is 24.6. The van der Waals surface area contributed by atoms with E-state index in [1.54, 1.807) is 0 Å². The van der Waals surface area contributed by atoms with Crippen LogP contribution in [0.2, 0.25) is 0 Å². The molecule has 4 unspecified atom stereocenters. The van der Waals surface area contributed by atoms with Crippen molar-refractivity contribution >= 4 is 8.58 Å². The molecule has 0 N–H and O–H groups in total. The molecule has 1 heteroatoms. The van der Waals surface area contributed by atoms with Gasteiger partial charge in [-0.25, -0.2) is 0 Å². The van der Waals surface area contributed by atoms with Crippen LogP contribution in [0, 0.1) is 0 Å². The first-order valence-electron chi connectivity index (χ1n) is 10.4. The molecule has 0 bridgehead atoms. The highest BCUT2D eigenvalue weighted by Crippen LogP contribution is 2.69. The smallest absolute Gasteiger partial charge is 0.00947 e. The van der Waals surface area contributed by atoms with E-state index in [1.807, 2.05) is 0 Å². The van der Waals surface area contributed by atoms with Crippen LogP contribution in [-0.4, -0.2) is 0 Å². The predicted octanol–water partition coefficient (Wildman–Crippen LogP) is 7.73. The second-order valence-corrected chi connectivity index (χ2v) is 9.39. The molecule has 0 nitrogen and oxygen atoms in total. The van der Waals surface area contributed by atoms with E-state index < -0.39 is 0 Å². The molecule has 0 aromatic heterocycles. The van der Waals surface area contributed by atoms with Crippen LogP contribution < -0.4 is 0 Å². The van der Waals surface area contributed by atoms with E-state index in [9.17, 15) is 0 Å². The van der Waals surface area contributed by atoms with Crippen LogP contribution in [0.15, 0.2) is 121 Å². The summed E-state index contributed by atoms with van der Waals surface area (Å²) in [6, 6.07) is 44.6. The molecule has 0 saturated carbocycles. The van der Waals surface area contributed by atoms with E-state index in [-0.39, 0.29) is 0 Å². The van der Waals surface area contributed by atoms with Gasteiger partial charge in [0.2, 0.25) is 0 Å². The van der Waals surface area contributed by atoms with Crippen molar-refractivity contribution < 1.29 is 0 Å². The minimum absolute atomic E-state index is 0.476. The van der Waals surface area contributed by atoms with Crippen molar-refractivity contribution in [3.63, 3.8) is 0 Å². The summed E-state index contributed by atoms with van der Waals surface area (Å²) in [7, 11) is 0.857. The quantitative estimate of drug-likeness (QED) is 0.312. The Bertz CT molecular complexity index is 942. The standard InChI is InChI=1S/C28H25P/c1-5-13-21(14-6-1)25-26(22-15-7-2-8-16-22)28(24-19-11-4-12-20-24)29-27(25)23-17-9-3-10-18-23/h1-20,25-29H. The van der Waals surface area contributed by atoms with Crippen LogP contribution in [0.3, 0.4) is 0 Å². The highest BCUT2D eigenvalue weighted by Gasteiger charge is 2.45. The predicted molar refractivity (Wildman–Crippen MR) is 125 cm³/mol. The van der Waals surface area contributed by atoms with Crippen molar-refractivity contribution in [2.24, 2.45) is 0 Å². The van der Waals surface area contributed by atoms with Crippen molar-refractivity contribution in [1.82, 2.24) is 0 Å². The topological polar surface area (TPSA) is 0 Å². The molecule has 0 amide bonds. The zero-order chi connectivity index (χ0) is 19.5. The average molecular weight is 392 g/mol. The molecular formula is C28H25P. The lowest BCUT2D eigenvalue weighted by Gasteiger charge is -2.28. The van der Waals surface area contributed by atoms with Gasteiger partial charge in [0, 0.05) is 23.2 Å². The summed E-state index contributed by atoms with van der Waals surface area (Å²) in [6.45, 7) is 0. The Morgan fingerprint density at radius 1 is 0.345 bits per heavy atom. The molecule has 1 aliphatic rings. The fraction of sp³-hybridized carbons (Fsp3) is 0.143. The third-order valence-electron chi connectivity index (χ3n) is 6.15. The van der Waals surface area contributed by atoms with Gasteiger partial charge < -0.3 is 0 Å². The number of hydrogen-bond donors (Lipinski definition) is 0. The van der Waals surface area contributed by atoms with Gasteiger partial charge in [-0.2, -0.15) is 0 Å².